The Morgan fingerprint density at radius 1 is 0.368 bits per heavy atom. The van der Waals surface area contributed by atoms with Gasteiger partial charge in [-0.25, -0.2) is 0 Å². The Morgan fingerprint density at radius 2 is 0.982 bits per heavy atom. The van der Waals surface area contributed by atoms with Crippen LogP contribution in [0.25, 0.3) is 119 Å². The lowest BCUT2D eigenvalue weighted by molar-refractivity contribution is 1.19. The Morgan fingerprint density at radius 3 is 1.81 bits per heavy atom. The molecule has 0 amide bonds. The van der Waals surface area contributed by atoms with Gasteiger partial charge in [0.1, 0.15) is 0 Å². The summed E-state index contributed by atoms with van der Waals surface area (Å²) in [6.45, 7) is 0. The second-order valence-electron chi connectivity index (χ2n) is 15.2. The third kappa shape index (κ3) is 4.28. The molecule has 4 heterocycles. The van der Waals surface area contributed by atoms with Crippen molar-refractivity contribution >= 4 is 102 Å². The van der Waals surface area contributed by atoms with Crippen molar-refractivity contribution in [1.29, 1.82) is 0 Å². The van der Waals surface area contributed by atoms with Crippen molar-refractivity contribution in [3.63, 3.8) is 0 Å². The van der Waals surface area contributed by atoms with E-state index in [1.54, 1.807) is 0 Å². The van der Waals surface area contributed by atoms with Crippen LogP contribution in [0.5, 0.6) is 0 Å². The maximum absolute atomic E-state index is 14.5. The summed E-state index contributed by atoms with van der Waals surface area (Å²) in [5.41, 5.74) is 10.0. The molecule has 0 spiro atoms. The molecule has 9 aromatic carbocycles. The number of rotatable bonds is 3. The number of hydrogen-bond donors (Lipinski definition) is 0. The number of nitrogens with zero attached hydrogens (tertiary/aromatic N) is 2. The molecule has 0 aliphatic carbocycles. The largest absolute Gasteiger partial charge is 0.309 e. The lowest BCUT2D eigenvalue weighted by Gasteiger charge is -2.12. The van der Waals surface area contributed by atoms with Crippen LogP contribution in [-0.4, -0.2) is 8.97 Å². The number of aromatic nitrogens is 2. The molecule has 0 atom stereocenters. The zero-order valence-corrected chi connectivity index (χ0v) is 31.3. The quantitative estimate of drug-likeness (QED) is 0.166. The average molecular weight is 743 g/mol. The normalized spacial score (nSPS) is 12.3. The van der Waals surface area contributed by atoms with Crippen molar-refractivity contribution in [2.24, 2.45) is 0 Å². The highest BCUT2D eigenvalue weighted by molar-refractivity contribution is 7.25. The molecule has 264 valence electrons. The highest BCUT2D eigenvalue weighted by atomic mass is 32.1. The van der Waals surface area contributed by atoms with Crippen molar-refractivity contribution < 1.29 is 0 Å². The summed E-state index contributed by atoms with van der Waals surface area (Å²) in [4.78, 5) is 14.5. The minimum atomic E-state index is 0.0185. The third-order valence-corrected chi connectivity index (χ3v) is 13.4. The second kappa shape index (κ2) is 11.4. The molecule has 0 bridgehead atoms. The first-order valence-electron chi connectivity index (χ1n) is 19.4. The van der Waals surface area contributed by atoms with E-state index in [4.69, 9.17) is 0 Å². The van der Waals surface area contributed by atoms with E-state index in [-0.39, 0.29) is 5.56 Å². The maximum Gasteiger partial charge on any atom is 0.263 e. The van der Waals surface area contributed by atoms with Gasteiger partial charge in [0, 0.05) is 58.2 Å². The molecule has 13 rings (SSSR count). The van der Waals surface area contributed by atoms with Crippen molar-refractivity contribution in [3.8, 4) is 27.9 Å². The van der Waals surface area contributed by atoms with Gasteiger partial charge in [-0.15, -0.1) is 11.3 Å². The van der Waals surface area contributed by atoms with Gasteiger partial charge in [0.25, 0.3) is 5.56 Å². The van der Waals surface area contributed by atoms with Gasteiger partial charge < -0.3 is 4.57 Å². The van der Waals surface area contributed by atoms with Crippen LogP contribution in [0.3, 0.4) is 0 Å². The molecule has 0 radical (unpaired) electrons. The smallest absolute Gasteiger partial charge is 0.263 e. The number of hydrogen-bond acceptors (Lipinski definition) is 2. The number of para-hydroxylation sites is 3. The molecule has 0 saturated carbocycles. The van der Waals surface area contributed by atoms with E-state index in [1.807, 2.05) is 21.8 Å². The monoisotopic (exact) mass is 742 g/mol. The summed E-state index contributed by atoms with van der Waals surface area (Å²) in [5, 5.41) is 12.4. The van der Waals surface area contributed by atoms with Crippen LogP contribution in [0.4, 0.5) is 0 Å². The highest BCUT2D eigenvalue weighted by Gasteiger charge is 2.19. The van der Waals surface area contributed by atoms with Crippen LogP contribution in [0.1, 0.15) is 0 Å². The summed E-state index contributed by atoms with van der Waals surface area (Å²) in [5.74, 6) is 0. The summed E-state index contributed by atoms with van der Waals surface area (Å²) in [6.07, 6.45) is 0. The molecule has 0 unspecified atom stereocenters. The Bertz CT molecular complexity index is 3850. The predicted octanol–water partition coefficient (Wildman–Crippen LogP) is 14.1. The van der Waals surface area contributed by atoms with Crippen molar-refractivity contribution in [1.82, 2.24) is 8.97 Å². The van der Waals surface area contributed by atoms with Gasteiger partial charge in [-0.2, -0.15) is 0 Å². The van der Waals surface area contributed by atoms with E-state index in [2.05, 4.69) is 180 Å². The highest BCUT2D eigenvalue weighted by Crippen LogP contribution is 2.41. The maximum atomic E-state index is 14.5. The van der Waals surface area contributed by atoms with E-state index in [9.17, 15) is 4.79 Å². The fourth-order valence-electron chi connectivity index (χ4n) is 9.69. The van der Waals surface area contributed by atoms with Crippen LogP contribution in [0, 0.1) is 0 Å². The molecular formula is C53H30N2OS. The predicted molar refractivity (Wildman–Crippen MR) is 243 cm³/mol. The fourth-order valence-corrected chi connectivity index (χ4v) is 10.8. The molecule has 4 heteroatoms. The minimum Gasteiger partial charge on any atom is -0.309 e. The van der Waals surface area contributed by atoms with Gasteiger partial charge >= 0.3 is 0 Å². The third-order valence-electron chi connectivity index (χ3n) is 12.3. The molecule has 0 saturated heterocycles. The number of thiophene rings is 1. The second-order valence-corrected chi connectivity index (χ2v) is 16.3. The molecule has 4 aromatic heterocycles. The van der Waals surface area contributed by atoms with Crippen LogP contribution < -0.4 is 5.56 Å². The van der Waals surface area contributed by atoms with Gasteiger partial charge in [-0.1, -0.05) is 115 Å². The molecule has 0 fully saturated rings. The number of pyridine rings is 1. The Balaban J connectivity index is 0.971. The van der Waals surface area contributed by atoms with Crippen LogP contribution in [-0.2, 0) is 0 Å². The van der Waals surface area contributed by atoms with Crippen molar-refractivity contribution in [2.45, 2.75) is 0 Å². The summed E-state index contributed by atoms with van der Waals surface area (Å²) in [7, 11) is 0. The Hall–Kier alpha value is -7.27. The topological polar surface area (TPSA) is 26.4 Å². The Kier molecular flexibility index (Phi) is 6.19. The van der Waals surface area contributed by atoms with E-state index in [0.29, 0.717) is 0 Å². The van der Waals surface area contributed by atoms with Gasteiger partial charge in [-0.3, -0.25) is 9.20 Å². The van der Waals surface area contributed by atoms with E-state index < -0.39 is 0 Å². The first-order valence-corrected chi connectivity index (χ1v) is 20.2. The summed E-state index contributed by atoms with van der Waals surface area (Å²) in [6, 6.07) is 65.5. The minimum absolute atomic E-state index is 0.0185. The van der Waals surface area contributed by atoms with Crippen molar-refractivity contribution in [3.05, 3.63) is 192 Å². The lowest BCUT2D eigenvalue weighted by atomic mass is 9.96. The average Bonchev–Trinajstić information content (AvgIpc) is 3.93. The number of benzene rings is 9. The van der Waals surface area contributed by atoms with E-state index >= 15 is 0 Å². The SMILES string of the molecule is O=c1c2ccc(-c3ccc4sc5ccccc5c4c3)cc2c2cccc3c4cc(-c5cccc6cc(-n7c8ccccc8c8ccccc87)ccc56)ccc4n1c23. The van der Waals surface area contributed by atoms with E-state index in [0.717, 1.165) is 60.3 Å². The zero-order chi connectivity index (χ0) is 37.4. The van der Waals surface area contributed by atoms with Crippen molar-refractivity contribution in [2.75, 3.05) is 0 Å². The summed E-state index contributed by atoms with van der Waals surface area (Å²) < 4.78 is 6.90. The Labute approximate surface area is 329 Å². The first kappa shape index (κ1) is 31.0. The molecule has 0 aliphatic rings. The van der Waals surface area contributed by atoms with Crippen LogP contribution in [0.2, 0.25) is 0 Å². The molecule has 3 nitrogen and oxygen atoms in total. The summed E-state index contributed by atoms with van der Waals surface area (Å²) >= 11 is 1.83. The number of fused-ring (bicyclic) bond motifs is 12. The van der Waals surface area contributed by atoms with Gasteiger partial charge in [-0.05, 0) is 105 Å². The van der Waals surface area contributed by atoms with Gasteiger partial charge in [0.2, 0.25) is 0 Å². The molecule has 0 N–H and O–H groups in total. The van der Waals surface area contributed by atoms with Gasteiger partial charge in [0.15, 0.2) is 0 Å². The first-order chi connectivity index (χ1) is 28.2. The van der Waals surface area contributed by atoms with Crippen LogP contribution in [0.15, 0.2) is 187 Å². The van der Waals surface area contributed by atoms with Gasteiger partial charge in [0.05, 0.1) is 22.1 Å². The van der Waals surface area contributed by atoms with Crippen LogP contribution >= 0.6 is 11.3 Å². The zero-order valence-electron chi connectivity index (χ0n) is 30.5. The molecular weight excluding hydrogens is 713 g/mol. The molecule has 13 aromatic rings. The fraction of sp³-hybridized carbons (Fsp3) is 0. The van der Waals surface area contributed by atoms with E-state index in [1.165, 1.54) is 58.3 Å². The lowest BCUT2D eigenvalue weighted by Crippen LogP contribution is -2.12. The molecule has 0 aliphatic heterocycles. The standard InChI is InChI=1S/C53H30N2OS/c56-53-43-23-19-31(32-21-26-51-46(29-32)40-12-3-6-18-50(40)57-51)28-44(43)41-14-8-15-42-45-30-34(20-25-49(45)55(53)52(41)42)36-13-7-9-33-27-35(22-24-37(33)36)54-47-16-4-1-10-38(47)39-11-2-5-17-48(39)54/h1-30H. The molecule has 57 heavy (non-hydrogen) atoms.